The highest BCUT2D eigenvalue weighted by Crippen LogP contribution is 2.45. The number of halogens is 1. The van der Waals surface area contributed by atoms with Crippen LogP contribution in [-0.4, -0.2) is 43.1 Å². The molecule has 1 atom stereocenters. The molecule has 1 amide bonds. The molecule has 1 heterocycles. The Hall–Kier alpha value is -1.30. The van der Waals surface area contributed by atoms with Gasteiger partial charge in [-0.15, -0.1) is 0 Å². The van der Waals surface area contributed by atoms with E-state index in [-0.39, 0.29) is 17.9 Å². The quantitative estimate of drug-likeness (QED) is 0.770. The molecule has 2 aliphatic rings. The number of carbonyl (C=O) groups excluding carboxylic acids is 1. The van der Waals surface area contributed by atoms with E-state index < -0.39 is 5.60 Å². The van der Waals surface area contributed by atoms with E-state index in [1.54, 1.807) is 11.9 Å². The number of ether oxygens (including phenoxy) is 3. The van der Waals surface area contributed by atoms with Gasteiger partial charge in [0.05, 0.1) is 13.2 Å². The maximum absolute atomic E-state index is 12.8. The third kappa shape index (κ3) is 4.00. The van der Waals surface area contributed by atoms with Crippen LogP contribution in [0.15, 0.2) is 18.2 Å². The molecule has 1 saturated heterocycles. The molecule has 1 aliphatic carbocycles. The smallest absolute Gasteiger partial charge is 0.410 e. The van der Waals surface area contributed by atoms with E-state index in [0.717, 1.165) is 24.0 Å². The second kappa shape index (κ2) is 7.37. The average Bonchev–Trinajstić information content (AvgIpc) is 3.20. The van der Waals surface area contributed by atoms with Gasteiger partial charge in [-0.1, -0.05) is 17.7 Å². The van der Waals surface area contributed by atoms with Crippen LogP contribution in [0.2, 0.25) is 5.02 Å². The van der Waals surface area contributed by atoms with E-state index in [1.165, 1.54) is 0 Å². The number of rotatable bonds is 4. The van der Waals surface area contributed by atoms with Crippen LogP contribution < -0.4 is 0 Å². The molecule has 0 spiro atoms. The van der Waals surface area contributed by atoms with Gasteiger partial charge in [-0.25, -0.2) is 4.79 Å². The lowest BCUT2D eigenvalue weighted by atomic mass is 9.90. The Balaban J connectivity index is 1.84. The summed E-state index contributed by atoms with van der Waals surface area (Å²) < 4.78 is 17.3. The van der Waals surface area contributed by atoms with Crippen LogP contribution in [0.1, 0.15) is 51.2 Å². The minimum atomic E-state index is -0.661. The Morgan fingerprint density at radius 3 is 2.69 bits per heavy atom. The number of nitrogens with zero attached hydrogens (tertiary/aromatic N) is 1. The van der Waals surface area contributed by atoms with Gasteiger partial charge in [-0.3, -0.25) is 0 Å². The minimum Gasteiger partial charge on any atom is -0.438 e. The van der Waals surface area contributed by atoms with Crippen LogP contribution in [0.25, 0.3) is 0 Å². The number of hydrogen-bond donors (Lipinski definition) is 0. The van der Waals surface area contributed by atoms with E-state index in [2.05, 4.69) is 0 Å². The van der Waals surface area contributed by atoms with Gasteiger partial charge in [0.2, 0.25) is 0 Å². The summed E-state index contributed by atoms with van der Waals surface area (Å²) in [6.45, 7) is 7.21. The Morgan fingerprint density at radius 1 is 1.35 bits per heavy atom. The standard InChI is InChI=1S/C20H28ClNO4/c1-19(2,3)22(4)18(23)26-20(10-8-17-24-11-12-25-17)9-7-14-13-15(21)5-6-16(14)20/h5-6,13,17H,7-12H2,1-4H3. The summed E-state index contributed by atoms with van der Waals surface area (Å²) in [5, 5.41) is 0.708. The van der Waals surface area contributed by atoms with E-state index >= 15 is 0 Å². The Bertz CT molecular complexity index is 666. The van der Waals surface area contributed by atoms with Gasteiger partial charge in [0.15, 0.2) is 6.29 Å². The maximum atomic E-state index is 12.8. The molecule has 0 N–H and O–H groups in total. The van der Waals surface area contributed by atoms with Gasteiger partial charge in [0.1, 0.15) is 5.60 Å². The molecular formula is C20H28ClNO4. The highest BCUT2D eigenvalue weighted by Gasteiger charge is 2.44. The second-order valence-corrected chi connectivity index (χ2v) is 8.54. The molecular weight excluding hydrogens is 354 g/mol. The highest BCUT2D eigenvalue weighted by atomic mass is 35.5. The first kappa shape index (κ1) is 19.5. The zero-order valence-corrected chi connectivity index (χ0v) is 16.8. The normalized spacial score (nSPS) is 23.1. The number of fused-ring (bicyclic) bond motifs is 1. The predicted molar refractivity (Wildman–Crippen MR) is 100 cm³/mol. The Labute approximate surface area is 160 Å². The summed E-state index contributed by atoms with van der Waals surface area (Å²) in [6, 6.07) is 5.83. The zero-order chi connectivity index (χ0) is 18.9. The van der Waals surface area contributed by atoms with Gasteiger partial charge < -0.3 is 19.1 Å². The first-order valence-corrected chi connectivity index (χ1v) is 9.58. The number of benzene rings is 1. The van der Waals surface area contributed by atoms with E-state index in [1.807, 2.05) is 39.0 Å². The molecule has 5 nitrogen and oxygen atoms in total. The fraction of sp³-hybridized carbons (Fsp3) is 0.650. The topological polar surface area (TPSA) is 48.0 Å². The number of amides is 1. The van der Waals surface area contributed by atoms with Crippen LogP contribution in [0.4, 0.5) is 4.79 Å². The van der Waals surface area contributed by atoms with Crippen LogP contribution in [0.3, 0.4) is 0 Å². The van der Waals surface area contributed by atoms with Gasteiger partial charge >= 0.3 is 6.09 Å². The summed E-state index contributed by atoms with van der Waals surface area (Å²) >= 11 is 6.16. The summed E-state index contributed by atoms with van der Waals surface area (Å²) in [4.78, 5) is 14.5. The summed E-state index contributed by atoms with van der Waals surface area (Å²) in [5.41, 5.74) is 1.23. The molecule has 0 bridgehead atoms. The molecule has 0 radical (unpaired) electrons. The molecule has 6 heteroatoms. The molecule has 144 valence electrons. The van der Waals surface area contributed by atoms with E-state index in [9.17, 15) is 4.79 Å². The molecule has 1 unspecified atom stereocenters. The second-order valence-electron chi connectivity index (χ2n) is 8.10. The lowest BCUT2D eigenvalue weighted by Gasteiger charge is -2.37. The first-order valence-electron chi connectivity index (χ1n) is 9.20. The lowest BCUT2D eigenvalue weighted by Crippen LogP contribution is -2.46. The van der Waals surface area contributed by atoms with Crippen molar-refractivity contribution in [3.63, 3.8) is 0 Å². The zero-order valence-electron chi connectivity index (χ0n) is 16.0. The fourth-order valence-electron chi connectivity index (χ4n) is 3.54. The van der Waals surface area contributed by atoms with Crippen LogP contribution >= 0.6 is 11.6 Å². The molecule has 0 aromatic heterocycles. The highest BCUT2D eigenvalue weighted by molar-refractivity contribution is 6.30. The van der Waals surface area contributed by atoms with Crippen molar-refractivity contribution in [2.75, 3.05) is 20.3 Å². The summed E-state index contributed by atoms with van der Waals surface area (Å²) in [7, 11) is 1.77. The Morgan fingerprint density at radius 2 is 2.04 bits per heavy atom. The molecule has 0 saturated carbocycles. The van der Waals surface area contributed by atoms with Crippen LogP contribution in [-0.2, 0) is 26.2 Å². The van der Waals surface area contributed by atoms with Crippen molar-refractivity contribution >= 4 is 17.7 Å². The third-order valence-electron chi connectivity index (χ3n) is 5.39. The number of aryl methyl sites for hydroxylation is 1. The van der Waals surface area contributed by atoms with Gasteiger partial charge in [0, 0.05) is 24.0 Å². The van der Waals surface area contributed by atoms with Crippen molar-refractivity contribution in [1.29, 1.82) is 0 Å². The molecule has 1 aromatic rings. The Kier molecular flexibility index (Phi) is 5.52. The number of hydrogen-bond acceptors (Lipinski definition) is 4. The average molecular weight is 382 g/mol. The van der Waals surface area contributed by atoms with Crippen molar-refractivity contribution in [3.8, 4) is 0 Å². The van der Waals surface area contributed by atoms with E-state index in [4.69, 9.17) is 25.8 Å². The minimum absolute atomic E-state index is 0.220. The lowest BCUT2D eigenvalue weighted by molar-refractivity contribution is -0.0767. The largest absolute Gasteiger partial charge is 0.438 e. The number of carbonyl (C=O) groups is 1. The van der Waals surface area contributed by atoms with Crippen LogP contribution in [0.5, 0.6) is 0 Å². The predicted octanol–water partition coefficient (Wildman–Crippen LogP) is 4.50. The maximum Gasteiger partial charge on any atom is 0.410 e. The van der Waals surface area contributed by atoms with Crippen molar-refractivity contribution in [2.45, 2.75) is 63.9 Å². The molecule has 1 aliphatic heterocycles. The monoisotopic (exact) mass is 381 g/mol. The van der Waals surface area contributed by atoms with Gasteiger partial charge in [-0.05, 0) is 63.3 Å². The van der Waals surface area contributed by atoms with Crippen molar-refractivity contribution < 1.29 is 19.0 Å². The molecule has 1 fully saturated rings. The van der Waals surface area contributed by atoms with Crippen molar-refractivity contribution in [2.24, 2.45) is 0 Å². The van der Waals surface area contributed by atoms with Gasteiger partial charge in [0.25, 0.3) is 0 Å². The van der Waals surface area contributed by atoms with Gasteiger partial charge in [-0.2, -0.15) is 0 Å². The molecule has 26 heavy (non-hydrogen) atoms. The van der Waals surface area contributed by atoms with E-state index in [0.29, 0.717) is 31.1 Å². The molecule has 3 rings (SSSR count). The van der Waals surface area contributed by atoms with Crippen molar-refractivity contribution in [3.05, 3.63) is 34.3 Å². The SMILES string of the molecule is CN(C(=O)OC1(CCC2OCCO2)CCc2cc(Cl)ccc21)C(C)(C)C. The first-order chi connectivity index (χ1) is 12.2. The van der Waals surface area contributed by atoms with Crippen LogP contribution in [0, 0.1) is 0 Å². The molecule has 1 aromatic carbocycles. The summed E-state index contributed by atoms with van der Waals surface area (Å²) in [5.74, 6) is 0. The van der Waals surface area contributed by atoms with Crippen molar-refractivity contribution in [1.82, 2.24) is 4.90 Å². The third-order valence-corrected chi connectivity index (χ3v) is 5.63. The fourth-order valence-corrected chi connectivity index (χ4v) is 3.73. The summed E-state index contributed by atoms with van der Waals surface area (Å²) in [6.07, 6.45) is 2.41.